The van der Waals surface area contributed by atoms with E-state index < -0.39 is 0 Å². The smallest absolute Gasteiger partial charge is 0.252 e. The number of nitrogens with one attached hydrogen (secondary N) is 3. The summed E-state index contributed by atoms with van der Waals surface area (Å²) >= 11 is 0. The molecule has 32 heavy (non-hydrogen) atoms. The summed E-state index contributed by atoms with van der Waals surface area (Å²) in [7, 11) is 0. The third kappa shape index (κ3) is 3.29. The molecule has 1 atom stereocenters. The first-order chi connectivity index (χ1) is 15.6. The lowest BCUT2D eigenvalue weighted by Gasteiger charge is -2.22. The zero-order chi connectivity index (χ0) is 21.7. The molecular formula is C27H27N3O2. The normalized spacial score (nSPS) is 19.8. The number of aromatic nitrogens is 1. The molecule has 1 aliphatic heterocycles. The minimum Gasteiger partial charge on any atom is -0.378 e. The van der Waals surface area contributed by atoms with E-state index in [0.29, 0.717) is 6.61 Å². The maximum Gasteiger partial charge on any atom is 0.252 e. The van der Waals surface area contributed by atoms with Gasteiger partial charge >= 0.3 is 0 Å². The Hall–Kier alpha value is -3.15. The summed E-state index contributed by atoms with van der Waals surface area (Å²) in [4.78, 5) is 16.9. The van der Waals surface area contributed by atoms with E-state index in [-0.39, 0.29) is 17.5 Å². The number of amides is 1. The quantitative estimate of drug-likeness (QED) is 0.444. The van der Waals surface area contributed by atoms with E-state index in [1.54, 1.807) is 0 Å². The topological polar surface area (TPSA) is 66.1 Å². The predicted octanol–water partition coefficient (Wildman–Crippen LogP) is 4.71. The molecule has 1 saturated heterocycles. The molecule has 3 aromatic carbocycles. The monoisotopic (exact) mass is 425 g/mol. The van der Waals surface area contributed by atoms with Crippen molar-refractivity contribution in [3.63, 3.8) is 0 Å². The number of morpholine rings is 1. The number of aromatic amines is 1. The maximum atomic E-state index is 13.4. The fraction of sp³-hybridized carbons (Fsp3) is 0.296. The van der Waals surface area contributed by atoms with E-state index >= 15 is 0 Å². The minimum absolute atomic E-state index is 0.00916. The van der Waals surface area contributed by atoms with Crippen LogP contribution in [0.25, 0.3) is 21.7 Å². The second-order valence-electron chi connectivity index (χ2n) is 9.12. The van der Waals surface area contributed by atoms with Crippen molar-refractivity contribution in [2.75, 3.05) is 19.8 Å². The molecule has 4 aromatic rings. The van der Waals surface area contributed by atoms with E-state index in [1.165, 1.54) is 16.3 Å². The highest BCUT2D eigenvalue weighted by Crippen LogP contribution is 2.48. The molecule has 1 unspecified atom stereocenters. The molecule has 1 aromatic heterocycles. The molecule has 2 aliphatic rings. The number of fused-ring (bicyclic) bond motifs is 2. The summed E-state index contributed by atoms with van der Waals surface area (Å²) in [6, 6.07) is 21.2. The van der Waals surface area contributed by atoms with E-state index in [1.807, 2.05) is 13.0 Å². The standard InChI is InChI=1S/C27H27N3O2/c1-17-13-19-14-24(25-16-32-12-11-28-25)29-23(19)15-21(17)26(31)30-27(9-10-27)22-8-4-6-18-5-2-3-7-20(18)22/h2-8,13-15,25,28-29H,9-12,16H2,1H3,(H,30,31). The predicted molar refractivity (Wildman–Crippen MR) is 127 cm³/mol. The van der Waals surface area contributed by atoms with Gasteiger partial charge in [0.15, 0.2) is 0 Å². The molecule has 2 fully saturated rings. The van der Waals surface area contributed by atoms with Crippen molar-refractivity contribution in [2.24, 2.45) is 0 Å². The Bertz CT molecular complexity index is 1320. The fourth-order valence-electron chi connectivity index (χ4n) is 5.03. The SMILES string of the molecule is Cc1cc2cc(C3COCCN3)[nH]c2cc1C(=O)NC1(c2cccc3ccccc23)CC1. The molecular weight excluding hydrogens is 398 g/mol. The van der Waals surface area contributed by atoms with Gasteiger partial charge in [0, 0.05) is 28.7 Å². The molecule has 0 radical (unpaired) electrons. The fourth-order valence-corrected chi connectivity index (χ4v) is 5.03. The number of hydrogen-bond acceptors (Lipinski definition) is 3. The number of aryl methyl sites for hydroxylation is 1. The van der Waals surface area contributed by atoms with E-state index in [4.69, 9.17) is 4.74 Å². The Kier molecular flexibility index (Phi) is 4.56. The van der Waals surface area contributed by atoms with Crippen LogP contribution < -0.4 is 10.6 Å². The third-order valence-corrected chi connectivity index (χ3v) is 6.94. The van der Waals surface area contributed by atoms with Crippen molar-refractivity contribution in [3.05, 3.63) is 83.0 Å². The Labute approximate surface area is 187 Å². The van der Waals surface area contributed by atoms with Crippen LogP contribution in [0.4, 0.5) is 0 Å². The zero-order valence-corrected chi connectivity index (χ0v) is 18.2. The van der Waals surface area contributed by atoms with Crippen molar-refractivity contribution in [2.45, 2.75) is 31.3 Å². The van der Waals surface area contributed by atoms with Crippen LogP contribution in [0.5, 0.6) is 0 Å². The van der Waals surface area contributed by atoms with Crippen molar-refractivity contribution in [1.29, 1.82) is 0 Å². The van der Waals surface area contributed by atoms with Gasteiger partial charge in [-0.05, 0) is 59.9 Å². The largest absolute Gasteiger partial charge is 0.378 e. The Morgan fingerprint density at radius 1 is 1.06 bits per heavy atom. The average molecular weight is 426 g/mol. The van der Waals surface area contributed by atoms with Gasteiger partial charge in [0.2, 0.25) is 0 Å². The summed E-state index contributed by atoms with van der Waals surface area (Å²) < 4.78 is 5.61. The van der Waals surface area contributed by atoms with Gasteiger partial charge in [-0.25, -0.2) is 0 Å². The molecule has 5 nitrogen and oxygen atoms in total. The van der Waals surface area contributed by atoms with Gasteiger partial charge < -0.3 is 20.4 Å². The van der Waals surface area contributed by atoms with Crippen LogP contribution in [0, 0.1) is 6.92 Å². The van der Waals surface area contributed by atoms with E-state index in [2.05, 4.69) is 70.2 Å². The molecule has 1 amide bonds. The molecule has 0 bridgehead atoms. The number of carbonyl (C=O) groups excluding carboxylic acids is 1. The maximum absolute atomic E-state index is 13.4. The lowest BCUT2D eigenvalue weighted by molar-refractivity contribution is 0.0758. The van der Waals surface area contributed by atoms with Crippen molar-refractivity contribution in [1.82, 2.24) is 15.6 Å². The molecule has 2 heterocycles. The first-order valence-corrected chi connectivity index (χ1v) is 11.4. The zero-order valence-electron chi connectivity index (χ0n) is 18.2. The van der Waals surface area contributed by atoms with Crippen LogP contribution in [0.15, 0.2) is 60.7 Å². The first kappa shape index (κ1) is 19.5. The highest BCUT2D eigenvalue weighted by molar-refractivity contribution is 6.01. The molecule has 1 saturated carbocycles. The number of ether oxygens (including phenoxy) is 1. The molecule has 5 heteroatoms. The number of hydrogen-bond donors (Lipinski definition) is 3. The molecule has 6 rings (SSSR count). The van der Waals surface area contributed by atoms with Gasteiger partial charge in [-0.1, -0.05) is 42.5 Å². The van der Waals surface area contributed by atoms with E-state index in [9.17, 15) is 4.79 Å². The van der Waals surface area contributed by atoms with Crippen LogP contribution in [0.2, 0.25) is 0 Å². The number of benzene rings is 3. The second kappa shape index (κ2) is 7.47. The highest BCUT2D eigenvalue weighted by Gasteiger charge is 2.46. The average Bonchev–Trinajstić information content (AvgIpc) is 3.48. The third-order valence-electron chi connectivity index (χ3n) is 6.94. The van der Waals surface area contributed by atoms with Crippen LogP contribution in [-0.4, -0.2) is 30.6 Å². The summed E-state index contributed by atoms with van der Waals surface area (Å²) in [5.41, 5.74) is 4.74. The second-order valence-corrected chi connectivity index (χ2v) is 9.12. The van der Waals surface area contributed by atoms with Crippen LogP contribution in [-0.2, 0) is 10.3 Å². The molecule has 0 spiro atoms. The van der Waals surface area contributed by atoms with E-state index in [0.717, 1.165) is 53.7 Å². The highest BCUT2D eigenvalue weighted by atomic mass is 16.5. The first-order valence-electron chi connectivity index (χ1n) is 11.4. The lowest BCUT2D eigenvalue weighted by Crippen LogP contribution is -2.35. The van der Waals surface area contributed by atoms with Gasteiger partial charge in [-0.3, -0.25) is 4.79 Å². The molecule has 3 N–H and O–H groups in total. The lowest BCUT2D eigenvalue weighted by atomic mass is 9.96. The van der Waals surface area contributed by atoms with Gasteiger partial charge in [0.25, 0.3) is 5.91 Å². The Balaban J connectivity index is 1.31. The summed E-state index contributed by atoms with van der Waals surface area (Å²) in [6.45, 7) is 4.27. The van der Waals surface area contributed by atoms with Crippen LogP contribution in [0.1, 0.15) is 46.1 Å². The Morgan fingerprint density at radius 2 is 1.91 bits per heavy atom. The molecule has 1 aliphatic carbocycles. The van der Waals surface area contributed by atoms with Gasteiger partial charge in [-0.15, -0.1) is 0 Å². The summed E-state index contributed by atoms with van der Waals surface area (Å²) in [6.07, 6.45) is 1.93. The van der Waals surface area contributed by atoms with Gasteiger partial charge in [0.1, 0.15) is 0 Å². The Morgan fingerprint density at radius 3 is 2.72 bits per heavy atom. The summed E-state index contributed by atoms with van der Waals surface area (Å²) in [5.74, 6) is -0.00916. The van der Waals surface area contributed by atoms with Crippen LogP contribution >= 0.6 is 0 Å². The van der Waals surface area contributed by atoms with Crippen molar-refractivity contribution < 1.29 is 9.53 Å². The number of rotatable bonds is 4. The van der Waals surface area contributed by atoms with Crippen molar-refractivity contribution >= 4 is 27.6 Å². The number of carbonyl (C=O) groups is 1. The van der Waals surface area contributed by atoms with Crippen LogP contribution in [0.3, 0.4) is 0 Å². The van der Waals surface area contributed by atoms with Gasteiger partial charge in [0.05, 0.1) is 24.8 Å². The van der Waals surface area contributed by atoms with Crippen molar-refractivity contribution in [3.8, 4) is 0 Å². The van der Waals surface area contributed by atoms with Gasteiger partial charge in [-0.2, -0.15) is 0 Å². The summed E-state index contributed by atoms with van der Waals surface area (Å²) in [5, 5.41) is 10.4. The molecule has 162 valence electrons. The number of H-pyrrole nitrogens is 1. The minimum atomic E-state index is -0.274.